The van der Waals surface area contributed by atoms with Gasteiger partial charge in [0, 0.05) is 0 Å². The van der Waals surface area contributed by atoms with Gasteiger partial charge in [0.25, 0.3) is 5.91 Å². The van der Waals surface area contributed by atoms with Crippen LogP contribution >= 0.6 is 11.6 Å². The Morgan fingerprint density at radius 2 is 2.12 bits per heavy atom. The quantitative estimate of drug-likeness (QED) is 0.729. The number of H-pyrrole nitrogens is 2. The van der Waals surface area contributed by atoms with Crippen LogP contribution in [0.1, 0.15) is 10.6 Å². The molecule has 82 valence electrons. The minimum atomic E-state index is -0.538. The van der Waals surface area contributed by atoms with Gasteiger partial charge in [0.15, 0.2) is 0 Å². The van der Waals surface area contributed by atoms with Crippen LogP contribution in [0.3, 0.4) is 0 Å². The Kier molecular flexibility index (Phi) is 2.74. The molecule has 3 N–H and O–H groups in total. The molecule has 1 aromatic carbocycles. The highest BCUT2D eigenvalue weighted by molar-refractivity contribution is 6.33. The van der Waals surface area contributed by atoms with Crippen molar-refractivity contribution in [2.75, 3.05) is 5.32 Å². The van der Waals surface area contributed by atoms with Crippen molar-refractivity contribution in [1.29, 1.82) is 0 Å². The number of aromatic amines is 2. The van der Waals surface area contributed by atoms with Crippen LogP contribution < -0.4 is 11.0 Å². The number of carbonyl (C=O) groups is 1. The fourth-order valence-electron chi connectivity index (χ4n) is 1.12. The van der Waals surface area contributed by atoms with Crippen molar-refractivity contribution in [3.8, 4) is 0 Å². The van der Waals surface area contributed by atoms with Crippen LogP contribution in [-0.4, -0.2) is 21.1 Å². The van der Waals surface area contributed by atoms with E-state index >= 15 is 0 Å². The second-order valence-corrected chi connectivity index (χ2v) is 3.37. The van der Waals surface area contributed by atoms with Gasteiger partial charge in [0.05, 0.1) is 10.7 Å². The third-order valence-electron chi connectivity index (χ3n) is 1.84. The van der Waals surface area contributed by atoms with E-state index in [1.807, 2.05) is 0 Å². The van der Waals surface area contributed by atoms with Gasteiger partial charge in [-0.05, 0) is 12.1 Å². The summed E-state index contributed by atoms with van der Waals surface area (Å²) in [7, 11) is 0. The summed E-state index contributed by atoms with van der Waals surface area (Å²) in [4.78, 5) is 24.5. The number of benzene rings is 1. The minimum Gasteiger partial charge on any atom is -0.318 e. The van der Waals surface area contributed by atoms with Crippen LogP contribution in [0.4, 0.5) is 5.69 Å². The molecule has 16 heavy (non-hydrogen) atoms. The fraction of sp³-hybridized carbons (Fsp3) is 0. The minimum absolute atomic E-state index is 0.0927. The van der Waals surface area contributed by atoms with E-state index in [-0.39, 0.29) is 5.82 Å². The van der Waals surface area contributed by atoms with Gasteiger partial charge in [0.1, 0.15) is 0 Å². The molecule has 0 atom stereocenters. The molecule has 0 aliphatic rings. The lowest BCUT2D eigenvalue weighted by atomic mass is 10.3. The van der Waals surface area contributed by atoms with Gasteiger partial charge in [-0.2, -0.15) is 0 Å². The summed E-state index contributed by atoms with van der Waals surface area (Å²) >= 11 is 5.85. The number of halogens is 1. The summed E-state index contributed by atoms with van der Waals surface area (Å²) in [5.74, 6) is -0.628. The predicted molar refractivity (Wildman–Crippen MR) is 58.6 cm³/mol. The lowest BCUT2D eigenvalue weighted by molar-refractivity contribution is 0.101. The van der Waals surface area contributed by atoms with E-state index in [2.05, 4.69) is 20.5 Å². The lowest BCUT2D eigenvalue weighted by Gasteiger charge is -2.03. The first-order valence-corrected chi connectivity index (χ1v) is 4.75. The predicted octanol–water partition coefficient (Wildman–Crippen LogP) is 1.00. The SMILES string of the molecule is O=C(Nc1ccccc1Cl)c1n[nH]c(=O)[nH]1. The number of nitrogens with zero attached hydrogens (tertiary/aromatic N) is 1. The maximum absolute atomic E-state index is 11.6. The highest BCUT2D eigenvalue weighted by Crippen LogP contribution is 2.20. The summed E-state index contributed by atoms with van der Waals surface area (Å²) in [5.41, 5.74) is -0.0812. The molecule has 2 aromatic rings. The summed E-state index contributed by atoms with van der Waals surface area (Å²) in [6, 6.07) is 6.76. The first-order chi connectivity index (χ1) is 7.66. The number of aromatic nitrogens is 3. The molecule has 7 heteroatoms. The second-order valence-electron chi connectivity index (χ2n) is 2.96. The number of para-hydroxylation sites is 1. The van der Waals surface area contributed by atoms with Gasteiger partial charge >= 0.3 is 5.69 Å². The van der Waals surface area contributed by atoms with Crippen molar-refractivity contribution < 1.29 is 4.79 Å². The molecule has 0 aliphatic heterocycles. The number of amides is 1. The lowest BCUT2D eigenvalue weighted by Crippen LogP contribution is -2.15. The van der Waals surface area contributed by atoms with Crippen molar-refractivity contribution in [3.63, 3.8) is 0 Å². The van der Waals surface area contributed by atoms with E-state index in [9.17, 15) is 9.59 Å². The van der Waals surface area contributed by atoms with E-state index in [1.54, 1.807) is 24.3 Å². The van der Waals surface area contributed by atoms with E-state index < -0.39 is 11.6 Å². The molecule has 0 saturated heterocycles. The zero-order chi connectivity index (χ0) is 11.5. The van der Waals surface area contributed by atoms with Gasteiger partial charge in [-0.3, -0.25) is 9.78 Å². The van der Waals surface area contributed by atoms with E-state index in [1.165, 1.54) is 0 Å². The van der Waals surface area contributed by atoms with Crippen LogP contribution in [0.15, 0.2) is 29.1 Å². The molecule has 0 spiro atoms. The van der Waals surface area contributed by atoms with E-state index in [0.29, 0.717) is 10.7 Å². The third kappa shape index (κ3) is 2.12. The fourth-order valence-corrected chi connectivity index (χ4v) is 1.30. The molecule has 6 nitrogen and oxygen atoms in total. The van der Waals surface area contributed by atoms with Crippen molar-refractivity contribution in [2.24, 2.45) is 0 Å². The van der Waals surface area contributed by atoms with Crippen LogP contribution in [0.5, 0.6) is 0 Å². The van der Waals surface area contributed by atoms with Gasteiger partial charge < -0.3 is 5.32 Å². The Balaban J connectivity index is 2.20. The Bertz CT molecular complexity index is 575. The molecule has 0 fully saturated rings. The number of nitrogens with one attached hydrogen (secondary N) is 3. The molecular weight excluding hydrogens is 232 g/mol. The van der Waals surface area contributed by atoms with Crippen LogP contribution in [0, 0.1) is 0 Å². The number of anilines is 1. The van der Waals surface area contributed by atoms with Crippen molar-refractivity contribution >= 4 is 23.2 Å². The number of hydrogen-bond acceptors (Lipinski definition) is 3. The average Bonchev–Trinajstić information content (AvgIpc) is 2.68. The molecule has 2 rings (SSSR count). The normalized spacial score (nSPS) is 10.1. The van der Waals surface area contributed by atoms with Gasteiger partial charge in [-0.1, -0.05) is 23.7 Å². The van der Waals surface area contributed by atoms with Crippen molar-refractivity contribution in [2.45, 2.75) is 0 Å². The van der Waals surface area contributed by atoms with Gasteiger partial charge in [-0.25, -0.2) is 9.89 Å². The molecule has 1 amide bonds. The second kappa shape index (κ2) is 4.19. The monoisotopic (exact) mass is 238 g/mol. The first-order valence-electron chi connectivity index (χ1n) is 4.37. The average molecular weight is 239 g/mol. The first kappa shape index (κ1) is 10.4. The molecule has 1 heterocycles. The van der Waals surface area contributed by atoms with Gasteiger partial charge in [0.2, 0.25) is 5.82 Å². The van der Waals surface area contributed by atoms with Crippen LogP contribution in [0.25, 0.3) is 0 Å². The highest BCUT2D eigenvalue weighted by atomic mass is 35.5. The molecule has 0 bridgehead atoms. The molecule has 0 unspecified atom stereocenters. The van der Waals surface area contributed by atoms with Crippen LogP contribution in [-0.2, 0) is 0 Å². The molecule has 0 radical (unpaired) electrons. The topological polar surface area (TPSA) is 90.6 Å². The summed E-state index contributed by atoms with van der Waals surface area (Å²) in [6.07, 6.45) is 0. The Hall–Kier alpha value is -2.08. The Morgan fingerprint density at radius 3 is 2.75 bits per heavy atom. The Labute approximate surface area is 94.6 Å². The zero-order valence-corrected chi connectivity index (χ0v) is 8.71. The largest absolute Gasteiger partial charge is 0.341 e. The number of hydrogen-bond donors (Lipinski definition) is 3. The number of carbonyl (C=O) groups excluding carboxylic acids is 1. The van der Waals surface area contributed by atoms with Crippen molar-refractivity contribution in [1.82, 2.24) is 15.2 Å². The summed E-state index contributed by atoms with van der Waals surface area (Å²) in [5, 5.41) is 8.52. The smallest absolute Gasteiger partial charge is 0.318 e. The Morgan fingerprint density at radius 1 is 1.38 bits per heavy atom. The van der Waals surface area contributed by atoms with Crippen LogP contribution in [0.2, 0.25) is 5.02 Å². The number of rotatable bonds is 2. The molecule has 0 saturated carbocycles. The highest BCUT2D eigenvalue weighted by Gasteiger charge is 2.11. The maximum Gasteiger partial charge on any atom is 0.341 e. The van der Waals surface area contributed by atoms with Gasteiger partial charge in [-0.15, -0.1) is 5.10 Å². The maximum atomic E-state index is 11.6. The van der Waals surface area contributed by atoms with Crippen molar-refractivity contribution in [3.05, 3.63) is 45.6 Å². The molecular formula is C9H7ClN4O2. The zero-order valence-electron chi connectivity index (χ0n) is 7.95. The third-order valence-corrected chi connectivity index (χ3v) is 2.17. The van der Waals surface area contributed by atoms with E-state index in [4.69, 9.17) is 11.6 Å². The van der Waals surface area contributed by atoms with E-state index in [0.717, 1.165) is 0 Å². The summed E-state index contributed by atoms with van der Waals surface area (Å²) in [6.45, 7) is 0. The summed E-state index contributed by atoms with van der Waals surface area (Å²) < 4.78 is 0. The molecule has 1 aromatic heterocycles. The molecule has 0 aliphatic carbocycles. The standard InChI is InChI=1S/C9H7ClN4O2/c10-5-3-1-2-4-6(5)11-8(15)7-12-9(16)14-13-7/h1-4H,(H,11,15)(H2,12,13,14,16).